The summed E-state index contributed by atoms with van der Waals surface area (Å²) < 4.78 is 30.4. The molecule has 0 aliphatic carbocycles. The molecule has 1 aromatic heterocycles. The van der Waals surface area contributed by atoms with Gasteiger partial charge >= 0.3 is 0 Å². The highest BCUT2D eigenvalue weighted by atomic mass is 32.1. The Morgan fingerprint density at radius 2 is 1.92 bits per heavy atom. The highest BCUT2D eigenvalue weighted by molar-refractivity contribution is 7.10. The highest BCUT2D eigenvalue weighted by Gasteiger charge is 2.34. The van der Waals surface area contributed by atoms with Gasteiger partial charge in [0.2, 0.25) is 5.91 Å². The Bertz CT molecular complexity index is 1200. The Balaban J connectivity index is 1.54. The van der Waals surface area contributed by atoms with E-state index in [2.05, 4.69) is 0 Å². The molecule has 0 N–H and O–H groups in total. The van der Waals surface area contributed by atoms with Crippen molar-refractivity contribution in [3.8, 4) is 11.5 Å². The molecule has 0 saturated heterocycles. The quantitative estimate of drug-likeness (QED) is 0.408. The summed E-state index contributed by atoms with van der Waals surface area (Å²) in [7, 11) is 3.11. The summed E-state index contributed by atoms with van der Waals surface area (Å²) >= 11 is 1.67. The highest BCUT2D eigenvalue weighted by Crippen LogP contribution is 2.35. The van der Waals surface area contributed by atoms with Crippen molar-refractivity contribution in [1.82, 2.24) is 9.80 Å². The minimum atomic E-state index is -0.506. The lowest BCUT2D eigenvalue weighted by atomic mass is 10.0. The summed E-state index contributed by atoms with van der Waals surface area (Å²) in [6, 6.07) is 14.6. The maximum absolute atomic E-state index is 13.7. The Hall–Kier alpha value is -3.43. The first-order chi connectivity index (χ1) is 17.5. The van der Waals surface area contributed by atoms with E-state index in [1.54, 1.807) is 23.3 Å². The summed E-state index contributed by atoms with van der Waals surface area (Å²) in [4.78, 5) is 31.1. The Morgan fingerprint density at radius 1 is 1.11 bits per heavy atom. The van der Waals surface area contributed by atoms with Crippen LogP contribution in [0.1, 0.15) is 26.8 Å². The Labute approximate surface area is 214 Å². The Kier molecular flexibility index (Phi) is 8.56. The van der Waals surface area contributed by atoms with Crippen LogP contribution in [-0.2, 0) is 16.0 Å². The van der Waals surface area contributed by atoms with Crippen LogP contribution < -0.4 is 9.47 Å². The number of halogens is 1. The van der Waals surface area contributed by atoms with Crippen LogP contribution in [0.25, 0.3) is 0 Å². The van der Waals surface area contributed by atoms with Crippen LogP contribution >= 0.6 is 11.3 Å². The fraction of sp³-hybridized carbons (Fsp3) is 0.333. The SMILES string of the molecule is COCCN(CC(=O)N1CCc2sccc2[C@H]1COc1ccccc1OC)C(=O)c1cccc(F)c1. The molecule has 9 heteroatoms. The van der Waals surface area contributed by atoms with E-state index in [0.717, 1.165) is 12.0 Å². The lowest BCUT2D eigenvalue weighted by Crippen LogP contribution is -2.48. The average molecular weight is 513 g/mol. The van der Waals surface area contributed by atoms with Crippen molar-refractivity contribution in [2.24, 2.45) is 0 Å². The lowest BCUT2D eigenvalue weighted by molar-refractivity contribution is -0.135. The molecule has 2 aromatic carbocycles. The van der Waals surface area contributed by atoms with Gasteiger partial charge in [0.1, 0.15) is 19.0 Å². The van der Waals surface area contributed by atoms with E-state index < -0.39 is 11.7 Å². The molecular weight excluding hydrogens is 483 g/mol. The van der Waals surface area contributed by atoms with Gasteiger partial charge in [0.15, 0.2) is 11.5 Å². The van der Waals surface area contributed by atoms with Crippen LogP contribution in [0.2, 0.25) is 0 Å². The molecule has 4 rings (SSSR count). The molecule has 0 bridgehead atoms. The van der Waals surface area contributed by atoms with Crippen molar-refractivity contribution in [1.29, 1.82) is 0 Å². The number of hydrogen-bond acceptors (Lipinski definition) is 6. The topological polar surface area (TPSA) is 68.3 Å². The molecule has 190 valence electrons. The number of nitrogens with zero attached hydrogens (tertiary/aromatic N) is 2. The zero-order valence-corrected chi connectivity index (χ0v) is 21.1. The maximum atomic E-state index is 13.7. The van der Waals surface area contributed by atoms with Crippen LogP contribution in [-0.4, -0.2) is 68.7 Å². The second-order valence-electron chi connectivity index (χ2n) is 8.34. The largest absolute Gasteiger partial charge is 0.493 e. The minimum Gasteiger partial charge on any atom is -0.493 e. The van der Waals surface area contributed by atoms with E-state index in [1.807, 2.05) is 35.7 Å². The number of carbonyl (C=O) groups excluding carboxylic acids is 2. The van der Waals surface area contributed by atoms with Crippen LogP contribution in [0.15, 0.2) is 60.0 Å². The molecule has 7 nitrogen and oxygen atoms in total. The normalized spacial score (nSPS) is 14.8. The van der Waals surface area contributed by atoms with Crippen molar-refractivity contribution in [3.05, 3.63) is 81.8 Å². The number of hydrogen-bond donors (Lipinski definition) is 0. The van der Waals surface area contributed by atoms with E-state index in [0.29, 0.717) is 18.0 Å². The van der Waals surface area contributed by atoms with Crippen molar-refractivity contribution < 1.29 is 28.2 Å². The van der Waals surface area contributed by atoms with Gasteiger partial charge in [-0.1, -0.05) is 18.2 Å². The summed E-state index contributed by atoms with van der Waals surface area (Å²) in [5, 5.41) is 2.02. The molecule has 36 heavy (non-hydrogen) atoms. The number of thiophene rings is 1. The number of para-hydroxylation sites is 2. The second-order valence-corrected chi connectivity index (χ2v) is 9.34. The molecule has 1 aliphatic heterocycles. The number of ether oxygens (including phenoxy) is 3. The molecule has 1 atom stereocenters. The van der Waals surface area contributed by atoms with Gasteiger partial charge in [-0.05, 0) is 53.8 Å². The smallest absolute Gasteiger partial charge is 0.254 e. The van der Waals surface area contributed by atoms with Gasteiger partial charge in [-0.15, -0.1) is 11.3 Å². The number of methoxy groups -OCH3 is 2. The number of amides is 2. The van der Waals surface area contributed by atoms with E-state index >= 15 is 0 Å². The number of fused-ring (bicyclic) bond motifs is 1. The standard InChI is InChI=1S/C27H29FN2O5S/c1-33-14-13-29(27(32)19-6-5-7-20(28)16-19)17-26(31)30-12-10-25-21(11-15-36-25)22(30)18-35-24-9-4-3-8-23(24)34-2/h3-9,11,15-16,22H,10,12-14,17-18H2,1-2H3/t22-/m1/s1. The van der Waals surface area contributed by atoms with Crippen molar-refractivity contribution in [2.45, 2.75) is 12.5 Å². The fourth-order valence-electron chi connectivity index (χ4n) is 4.29. The first kappa shape index (κ1) is 25.7. The molecule has 0 saturated carbocycles. The van der Waals surface area contributed by atoms with Crippen molar-refractivity contribution >= 4 is 23.2 Å². The van der Waals surface area contributed by atoms with E-state index in [1.165, 1.54) is 41.2 Å². The van der Waals surface area contributed by atoms with Crippen LogP contribution in [0.3, 0.4) is 0 Å². The van der Waals surface area contributed by atoms with Gasteiger partial charge in [0.25, 0.3) is 5.91 Å². The van der Waals surface area contributed by atoms with E-state index in [4.69, 9.17) is 14.2 Å². The molecule has 0 fully saturated rings. The fourth-order valence-corrected chi connectivity index (χ4v) is 5.22. The summed E-state index contributed by atoms with van der Waals surface area (Å²) in [6.45, 7) is 1.06. The van der Waals surface area contributed by atoms with Gasteiger partial charge in [-0.3, -0.25) is 9.59 Å². The van der Waals surface area contributed by atoms with E-state index in [-0.39, 0.29) is 43.8 Å². The molecule has 0 spiro atoms. The van der Waals surface area contributed by atoms with Gasteiger partial charge in [-0.2, -0.15) is 0 Å². The van der Waals surface area contributed by atoms with Crippen LogP contribution in [0.4, 0.5) is 4.39 Å². The molecule has 3 aromatic rings. The van der Waals surface area contributed by atoms with E-state index in [9.17, 15) is 14.0 Å². The van der Waals surface area contributed by atoms with Gasteiger partial charge in [0.05, 0.1) is 19.8 Å². The summed E-state index contributed by atoms with van der Waals surface area (Å²) in [5.74, 6) is 0.0747. The van der Waals surface area contributed by atoms with Gasteiger partial charge < -0.3 is 24.0 Å². The Morgan fingerprint density at radius 3 is 2.67 bits per heavy atom. The number of benzene rings is 2. The molecule has 2 heterocycles. The van der Waals surface area contributed by atoms with Gasteiger partial charge in [0, 0.05) is 30.6 Å². The van der Waals surface area contributed by atoms with Crippen molar-refractivity contribution in [3.63, 3.8) is 0 Å². The van der Waals surface area contributed by atoms with Gasteiger partial charge in [-0.25, -0.2) is 4.39 Å². The predicted octanol–water partition coefficient (Wildman–Crippen LogP) is 4.19. The zero-order chi connectivity index (χ0) is 25.5. The van der Waals surface area contributed by atoms with Crippen LogP contribution in [0.5, 0.6) is 11.5 Å². The molecule has 0 radical (unpaired) electrons. The second kappa shape index (κ2) is 12.0. The van der Waals surface area contributed by atoms with Crippen LogP contribution in [0, 0.1) is 5.82 Å². The minimum absolute atomic E-state index is 0.149. The first-order valence-electron chi connectivity index (χ1n) is 11.7. The molecule has 0 unspecified atom stereocenters. The predicted molar refractivity (Wildman–Crippen MR) is 135 cm³/mol. The molecule has 2 amide bonds. The summed E-state index contributed by atoms with van der Waals surface area (Å²) in [6.07, 6.45) is 0.736. The molecular formula is C27H29FN2O5S. The third kappa shape index (κ3) is 5.85. The molecule has 1 aliphatic rings. The summed E-state index contributed by atoms with van der Waals surface area (Å²) in [5.41, 5.74) is 1.24. The number of rotatable bonds is 10. The number of carbonyl (C=O) groups is 2. The zero-order valence-electron chi connectivity index (χ0n) is 20.3. The maximum Gasteiger partial charge on any atom is 0.254 e. The first-order valence-corrected chi connectivity index (χ1v) is 12.5. The third-order valence-corrected chi connectivity index (χ3v) is 7.13. The average Bonchev–Trinajstić information content (AvgIpc) is 3.38. The van der Waals surface area contributed by atoms with Crippen molar-refractivity contribution in [2.75, 3.05) is 47.1 Å². The monoisotopic (exact) mass is 512 g/mol. The lowest BCUT2D eigenvalue weighted by Gasteiger charge is -2.37. The third-order valence-electron chi connectivity index (χ3n) is 6.13.